The summed E-state index contributed by atoms with van der Waals surface area (Å²) in [5, 5.41) is 6.04. The Morgan fingerprint density at radius 1 is 1.29 bits per heavy atom. The third-order valence-corrected chi connectivity index (χ3v) is 4.72. The number of halogens is 3. The molecule has 114 valence electrons. The van der Waals surface area contributed by atoms with Crippen LogP contribution < -0.4 is 4.72 Å². The highest BCUT2D eigenvalue weighted by molar-refractivity contribution is 8.00. The van der Waals surface area contributed by atoms with E-state index in [0.717, 1.165) is 6.20 Å². The second-order valence-electron chi connectivity index (χ2n) is 4.01. The third kappa shape index (κ3) is 3.91. The number of aromatic nitrogens is 2. The van der Waals surface area contributed by atoms with Gasteiger partial charge in [-0.25, -0.2) is 8.42 Å². The van der Waals surface area contributed by atoms with Crippen molar-refractivity contribution in [3.8, 4) is 0 Å². The van der Waals surface area contributed by atoms with Crippen LogP contribution in [0.25, 0.3) is 0 Å². The predicted molar refractivity (Wildman–Crippen MR) is 72.5 cm³/mol. The number of aryl methyl sites for hydroxylation is 1. The number of hydrogen-bond donors (Lipinski definition) is 2. The molecule has 0 spiro atoms. The number of rotatable bonds is 4. The topological polar surface area (TPSA) is 74.8 Å². The molecule has 0 aliphatic rings. The van der Waals surface area contributed by atoms with Crippen molar-refractivity contribution in [3.05, 3.63) is 36.2 Å². The lowest BCUT2D eigenvalue weighted by atomic mass is 10.3. The summed E-state index contributed by atoms with van der Waals surface area (Å²) in [6, 6.07) is 5.30. The highest BCUT2D eigenvalue weighted by atomic mass is 32.2. The molecule has 2 aromatic rings. The smallest absolute Gasteiger partial charge is 0.281 e. The molecule has 1 heterocycles. The minimum Gasteiger partial charge on any atom is -0.281 e. The van der Waals surface area contributed by atoms with Crippen molar-refractivity contribution >= 4 is 27.5 Å². The molecule has 10 heteroatoms. The van der Waals surface area contributed by atoms with Gasteiger partial charge in [0.1, 0.15) is 4.90 Å². The molecule has 0 amide bonds. The molecule has 5 nitrogen and oxygen atoms in total. The number of thioether (sulfide) groups is 1. The summed E-state index contributed by atoms with van der Waals surface area (Å²) in [5.74, 6) is 0. The van der Waals surface area contributed by atoms with Gasteiger partial charge < -0.3 is 0 Å². The fourth-order valence-electron chi connectivity index (χ4n) is 1.57. The SMILES string of the molecule is Cc1[nH]ncc1S(=O)(=O)Nc1ccccc1SC(F)(F)F. The Bertz CT molecular complexity index is 741. The van der Waals surface area contributed by atoms with Gasteiger partial charge in [-0.3, -0.25) is 9.82 Å². The van der Waals surface area contributed by atoms with Crippen molar-refractivity contribution in [3.63, 3.8) is 0 Å². The number of anilines is 1. The maximum absolute atomic E-state index is 12.5. The molecule has 2 rings (SSSR count). The van der Waals surface area contributed by atoms with Crippen molar-refractivity contribution in [2.45, 2.75) is 22.2 Å². The van der Waals surface area contributed by atoms with Gasteiger partial charge in [-0.2, -0.15) is 18.3 Å². The number of para-hydroxylation sites is 1. The van der Waals surface area contributed by atoms with Gasteiger partial charge in [-0.05, 0) is 30.8 Å². The Morgan fingerprint density at radius 3 is 2.52 bits per heavy atom. The zero-order valence-corrected chi connectivity index (χ0v) is 12.2. The van der Waals surface area contributed by atoms with Crippen LogP contribution in [0.3, 0.4) is 0 Å². The highest BCUT2D eigenvalue weighted by Gasteiger charge is 2.31. The molecule has 0 aliphatic heterocycles. The molecule has 0 unspecified atom stereocenters. The first-order valence-electron chi connectivity index (χ1n) is 5.56. The van der Waals surface area contributed by atoms with E-state index in [-0.39, 0.29) is 27.2 Å². The minimum atomic E-state index is -4.51. The van der Waals surface area contributed by atoms with Crippen molar-refractivity contribution in [1.82, 2.24) is 10.2 Å². The van der Waals surface area contributed by atoms with E-state index in [2.05, 4.69) is 14.9 Å². The molecule has 0 aliphatic carbocycles. The van der Waals surface area contributed by atoms with Gasteiger partial charge in [0.15, 0.2) is 0 Å². The van der Waals surface area contributed by atoms with E-state index in [1.807, 2.05) is 0 Å². The van der Waals surface area contributed by atoms with E-state index < -0.39 is 15.5 Å². The zero-order valence-electron chi connectivity index (χ0n) is 10.6. The molecule has 0 saturated heterocycles. The van der Waals surface area contributed by atoms with Crippen molar-refractivity contribution in [2.75, 3.05) is 4.72 Å². The number of sulfonamides is 1. The predicted octanol–water partition coefficient (Wildman–Crippen LogP) is 3.13. The first-order valence-corrected chi connectivity index (χ1v) is 7.86. The molecular formula is C11H10F3N3O2S2. The number of aromatic amines is 1. The van der Waals surface area contributed by atoms with Crippen LogP contribution in [-0.4, -0.2) is 24.1 Å². The summed E-state index contributed by atoms with van der Waals surface area (Å²) in [6.07, 6.45) is 1.09. The molecule has 0 radical (unpaired) electrons. The molecule has 0 saturated carbocycles. The summed E-state index contributed by atoms with van der Waals surface area (Å²) < 4.78 is 63.8. The number of H-pyrrole nitrogens is 1. The Labute approximate surface area is 123 Å². The Hall–Kier alpha value is -1.68. The molecule has 1 aromatic carbocycles. The highest BCUT2D eigenvalue weighted by Crippen LogP contribution is 2.40. The second-order valence-corrected chi connectivity index (χ2v) is 6.77. The average Bonchev–Trinajstić information content (AvgIpc) is 2.77. The standard InChI is InChI=1S/C11H10F3N3O2S2/c1-7-10(6-15-16-7)21(18,19)17-8-4-2-3-5-9(8)20-11(12,13)14/h2-6,17H,1H3,(H,15,16). The van der Waals surface area contributed by atoms with Crippen LogP contribution in [0.15, 0.2) is 40.3 Å². The van der Waals surface area contributed by atoms with E-state index >= 15 is 0 Å². The van der Waals surface area contributed by atoms with Gasteiger partial charge in [-0.15, -0.1) is 0 Å². The van der Waals surface area contributed by atoms with E-state index in [4.69, 9.17) is 0 Å². The first-order chi connectivity index (χ1) is 9.69. The van der Waals surface area contributed by atoms with Crippen molar-refractivity contribution < 1.29 is 21.6 Å². The number of benzene rings is 1. The van der Waals surface area contributed by atoms with E-state index in [1.54, 1.807) is 0 Å². The fourth-order valence-corrected chi connectivity index (χ4v) is 3.48. The lowest BCUT2D eigenvalue weighted by Gasteiger charge is -2.13. The first kappa shape index (κ1) is 15.7. The van der Waals surface area contributed by atoms with Crippen LogP contribution in [0, 0.1) is 6.92 Å². The van der Waals surface area contributed by atoms with Gasteiger partial charge >= 0.3 is 5.51 Å². The zero-order chi connectivity index (χ0) is 15.7. The lowest BCUT2D eigenvalue weighted by Crippen LogP contribution is -2.14. The van der Waals surface area contributed by atoms with Crippen molar-refractivity contribution in [1.29, 1.82) is 0 Å². The number of alkyl halides is 3. The number of nitrogens with one attached hydrogen (secondary N) is 2. The quantitative estimate of drug-likeness (QED) is 0.841. The molecule has 0 fully saturated rings. The molecule has 0 atom stereocenters. The van der Waals surface area contributed by atoms with Crippen LogP contribution >= 0.6 is 11.8 Å². The average molecular weight is 337 g/mol. The molecule has 2 N–H and O–H groups in total. The molecule has 1 aromatic heterocycles. The van der Waals surface area contributed by atoms with E-state index in [0.29, 0.717) is 5.69 Å². The summed E-state index contributed by atoms with van der Waals surface area (Å²) in [4.78, 5) is -0.343. The normalized spacial score (nSPS) is 12.4. The van der Waals surface area contributed by atoms with Gasteiger partial charge in [0.05, 0.1) is 17.6 Å². The van der Waals surface area contributed by atoms with Crippen LogP contribution in [-0.2, 0) is 10.0 Å². The van der Waals surface area contributed by atoms with Gasteiger partial charge in [0.2, 0.25) is 0 Å². The monoisotopic (exact) mass is 337 g/mol. The maximum Gasteiger partial charge on any atom is 0.446 e. The van der Waals surface area contributed by atoms with Crippen molar-refractivity contribution in [2.24, 2.45) is 0 Å². The Morgan fingerprint density at radius 2 is 1.95 bits per heavy atom. The summed E-state index contributed by atoms with van der Waals surface area (Å²) in [6.45, 7) is 1.50. The molecule has 0 bridgehead atoms. The van der Waals surface area contributed by atoms with Crippen LogP contribution in [0.5, 0.6) is 0 Å². The maximum atomic E-state index is 12.5. The number of nitrogens with zero attached hydrogens (tertiary/aromatic N) is 1. The van der Waals surface area contributed by atoms with Crippen LogP contribution in [0.2, 0.25) is 0 Å². The minimum absolute atomic E-state index is 0.116. The summed E-state index contributed by atoms with van der Waals surface area (Å²) in [5.41, 5.74) is -4.35. The Balaban J connectivity index is 2.34. The second kappa shape index (κ2) is 5.60. The third-order valence-electron chi connectivity index (χ3n) is 2.43. The Kier molecular flexibility index (Phi) is 4.19. The van der Waals surface area contributed by atoms with Gasteiger partial charge in [-0.1, -0.05) is 12.1 Å². The van der Waals surface area contributed by atoms with Crippen LogP contribution in [0.4, 0.5) is 18.9 Å². The van der Waals surface area contributed by atoms with E-state index in [9.17, 15) is 21.6 Å². The van der Waals surface area contributed by atoms with Gasteiger partial charge in [0.25, 0.3) is 10.0 Å². The largest absolute Gasteiger partial charge is 0.446 e. The fraction of sp³-hybridized carbons (Fsp3) is 0.182. The molecular weight excluding hydrogens is 327 g/mol. The van der Waals surface area contributed by atoms with Crippen LogP contribution in [0.1, 0.15) is 5.69 Å². The lowest BCUT2D eigenvalue weighted by molar-refractivity contribution is -0.0327. The number of hydrogen-bond acceptors (Lipinski definition) is 4. The molecule has 21 heavy (non-hydrogen) atoms. The summed E-state index contributed by atoms with van der Waals surface area (Å²) in [7, 11) is -4.00. The van der Waals surface area contributed by atoms with Gasteiger partial charge in [0, 0.05) is 4.90 Å². The summed E-state index contributed by atoms with van der Waals surface area (Å²) >= 11 is -0.381. The van der Waals surface area contributed by atoms with E-state index in [1.165, 1.54) is 31.2 Å².